The van der Waals surface area contributed by atoms with E-state index in [-0.39, 0.29) is 5.60 Å². The maximum absolute atomic E-state index is 5.77. The summed E-state index contributed by atoms with van der Waals surface area (Å²) >= 11 is 0. The number of hydrogen-bond acceptors (Lipinski definition) is 3. The molecular weight excluding hydrogens is 190 g/mol. The van der Waals surface area contributed by atoms with E-state index in [0.29, 0.717) is 0 Å². The van der Waals surface area contributed by atoms with Crippen molar-refractivity contribution in [1.29, 1.82) is 0 Å². The van der Waals surface area contributed by atoms with Gasteiger partial charge >= 0.3 is 0 Å². The second-order valence-electron chi connectivity index (χ2n) is 4.31. The SMILES string of the molecule is CCNc1nccn1CC1(C)CCCO1. The molecule has 4 nitrogen and oxygen atoms in total. The van der Waals surface area contributed by atoms with Gasteiger partial charge in [-0.3, -0.25) is 0 Å². The van der Waals surface area contributed by atoms with Crippen LogP contribution in [0.15, 0.2) is 12.4 Å². The fourth-order valence-corrected chi connectivity index (χ4v) is 2.08. The standard InChI is InChI=1S/C11H19N3O/c1-3-12-10-13-6-7-14(10)9-11(2)5-4-8-15-11/h6-7H,3-5,8-9H2,1-2H3,(H,12,13). The lowest BCUT2D eigenvalue weighted by Gasteiger charge is -2.24. The molecule has 0 radical (unpaired) electrons. The Labute approximate surface area is 90.6 Å². The smallest absolute Gasteiger partial charge is 0.202 e. The van der Waals surface area contributed by atoms with Crippen molar-refractivity contribution >= 4 is 5.95 Å². The minimum absolute atomic E-state index is 0.00906. The zero-order valence-corrected chi connectivity index (χ0v) is 9.49. The largest absolute Gasteiger partial charge is 0.373 e. The lowest BCUT2D eigenvalue weighted by molar-refractivity contribution is 0.00664. The molecule has 0 amide bonds. The van der Waals surface area contributed by atoms with E-state index in [2.05, 4.69) is 28.7 Å². The fraction of sp³-hybridized carbons (Fsp3) is 0.727. The summed E-state index contributed by atoms with van der Waals surface area (Å²) in [7, 11) is 0. The summed E-state index contributed by atoms with van der Waals surface area (Å²) in [5.74, 6) is 0.939. The number of rotatable bonds is 4. The van der Waals surface area contributed by atoms with Crippen molar-refractivity contribution in [3.05, 3.63) is 12.4 Å². The number of nitrogens with zero attached hydrogens (tertiary/aromatic N) is 2. The maximum atomic E-state index is 5.77. The summed E-state index contributed by atoms with van der Waals surface area (Å²) in [5, 5.41) is 3.24. The van der Waals surface area contributed by atoms with Crippen molar-refractivity contribution < 1.29 is 4.74 Å². The molecule has 15 heavy (non-hydrogen) atoms. The first-order chi connectivity index (χ1) is 7.23. The van der Waals surface area contributed by atoms with Crippen LogP contribution in [0, 0.1) is 0 Å². The lowest BCUT2D eigenvalue weighted by atomic mass is 10.0. The molecule has 2 rings (SSSR count). The summed E-state index contributed by atoms with van der Waals surface area (Å²) in [6.07, 6.45) is 6.14. The lowest BCUT2D eigenvalue weighted by Crippen LogP contribution is -2.29. The molecule has 1 aliphatic rings. The first-order valence-electron chi connectivity index (χ1n) is 5.62. The predicted octanol–water partition coefficient (Wildman–Crippen LogP) is 1.88. The monoisotopic (exact) mass is 209 g/mol. The minimum Gasteiger partial charge on any atom is -0.373 e. The van der Waals surface area contributed by atoms with Gasteiger partial charge in [-0.2, -0.15) is 0 Å². The third-order valence-corrected chi connectivity index (χ3v) is 2.86. The highest BCUT2D eigenvalue weighted by atomic mass is 16.5. The normalized spacial score (nSPS) is 25.7. The average molecular weight is 209 g/mol. The first kappa shape index (κ1) is 10.5. The third kappa shape index (κ3) is 2.31. The van der Waals surface area contributed by atoms with E-state index in [1.807, 2.05) is 12.4 Å². The van der Waals surface area contributed by atoms with Crippen molar-refractivity contribution in [2.24, 2.45) is 0 Å². The van der Waals surface area contributed by atoms with Gasteiger partial charge in [-0.1, -0.05) is 0 Å². The second-order valence-corrected chi connectivity index (χ2v) is 4.31. The molecule has 1 atom stereocenters. The van der Waals surface area contributed by atoms with Gasteiger partial charge in [-0.25, -0.2) is 4.98 Å². The molecule has 0 aromatic carbocycles. The molecule has 1 aromatic heterocycles. The van der Waals surface area contributed by atoms with Gasteiger partial charge < -0.3 is 14.6 Å². The van der Waals surface area contributed by atoms with Crippen LogP contribution in [0.2, 0.25) is 0 Å². The molecule has 4 heteroatoms. The number of ether oxygens (including phenoxy) is 1. The Morgan fingerprint density at radius 3 is 3.20 bits per heavy atom. The van der Waals surface area contributed by atoms with Crippen molar-refractivity contribution in [3.63, 3.8) is 0 Å². The predicted molar refractivity (Wildman–Crippen MR) is 60.0 cm³/mol. The molecule has 0 aliphatic carbocycles. The summed E-state index contributed by atoms with van der Waals surface area (Å²) < 4.78 is 7.90. The molecule has 2 heterocycles. The molecule has 1 aliphatic heterocycles. The fourth-order valence-electron chi connectivity index (χ4n) is 2.08. The highest BCUT2D eigenvalue weighted by Gasteiger charge is 2.30. The Morgan fingerprint density at radius 1 is 1.67 bits per heavy atom. The molecule has 84 valence electrons. The Hall–Kier alpha value is -1.03. The van der Waals surface area contributed by atoms with E-state index in [0.717, 1.165) is 32.1 Å². The second kappa shape index (κ2) is 4.23. The zero-order valence-electron chi connectivity index (χ0n) is 9.49. The number of imidazole rings is 1. The van der Waals surface area contributed by atoms with E-state index in [9.17, 15) is 0 Å². The van der Waals surface area contributed by atoms with Crippen LogP contribution >= 0.6 is 0 Å². The Kier molecular flexibility index (Phi) is 2.95. The van der Waals surface area contributed by atoms with Gasteiger partial charge in [0.25, 0.3) is 0 Å². The van der Waals surface area contributed by atoms with Crippen LogP contribution in [0.3, 0.4) is 0 Å². The Balaban J connectivity index is 2.06. The molecule has 1 unspecified atom stereocenters. The average Bonchev–Trinajstić information content (AvgIpc) is 2.78. The molecule has 1 fully saturated rings. The summed E-state index contributed by atoms with van der Waals surface area (Å²) in [5.41, 5.74) is -0.00906. The van der Waals surface area contributed by atoms with Crippen LogP contribution in [0.4, 0.5) is 5.95 Å². The van der Waals surface area contributed by atoms with Gasteiger partial charge in [0.15, 0.2) is 0 Å². The van der Waals surface area contributed by atoms with E-state index in [1.54, 1.807) is 0 Å². The van der Waals surface area contributed by atoms with E-state index >= 15 is 0 Å². The van der Waals surface area contributed by atoms with Gasteiger partial charge in [0.05, 0.1) is 12.1 Å². The molecule has 1 N–H and O–H groups in total. The molecule has 0 saturated carbocycles. The summed E-state index contributed by atoms with van der Waals surface area (Å²) in [4.78, 5) is 4.28. The molecule has 0 bridgehead atoms. The molecule has 0 spiro atoms. The summed E-state index contributed by atoms with van der Waals surface area (Å²) in [6, 6.07) is 0. The number of nitrogens with one attached hydrogen (secondary N) is 1. The van der Waals surface area contributed by atoms with Crippen molar-refractivity contribution in [1.82, 2.24) is 9.55 Å². The van der Waals surface area contributed by atoms with Gasteiger partial charge in [0, 0.05) is 25.5 Å². The van der Waals surface area contributed by atoms with Gasteiger partial charge in [-0.05, 0) is 26.7 Å². The molecule has 1 saturated heterocycles. The van der Waals surface area contributed by atoms with Crippen molar-refractivity contribution in [2.75, 3.05) is 18.5 Å². The van der Waals surface area contributed by atoms with Crippen LogP contribution in [-0.4, -0.2) is 28.3 Å². The number of hydrogen-bond donors (Lipinski definition) is 1. The van der Waals surface area contributed by atoms with Crippen LogP contribution < -0.4 is 5.32 Å². The van der Waals surface area contributed by atoms with Crippen LogP contribution in [0.25, 0.3) is 0 Å². The summed E-state index contributed by atoms with van der Waals surface area (Å²) in [6.45, 7) is 6.92. The third-order valence-electron chi connectivity index (χ3n) is 2.86. The quantitative estimate of drug-likeness (QED) is 0.823. The van der Waals surface area contributed by atoms with E-state index in [4.69, 9.17) is 4.74 Å². The van der Waals surface area contributed by atoms with Gasteiger partial charge in [-0.15, -0.1) is 0 Å². The Morgan fingerprint density at radius 2 is 2.53 bits per heavy atom. The molecular formula is C11H19N3O. The minimum atomic E-state index is -0.00906. The van der Waals surface area contributed by atoms with Crippen LogP contribution in [0.5, 0.6) is 0 Å². The van der Waals surface area contributed by atoms with Crippen molar-refractivity contribution in [2.45, 2.75) is 38.8 Å². The first-order valence-corrected chi connectivity index (χ1v) is 5.62. The van der Waals surface area contributed by atoms with Crippen LogP contribution in [-0.2, 0) is 11.3 Å². The van der Waals surface area contributed by atoms with Crippen LogP contribution in [0.1, 0.15) is 26.7 Å². The maximum Gasteiger partial charge on any atom is 0.202 e. The highest BCUT2D eigenvalue weighted by Crippen LogP contribution is 2.27. The van der Waals surface area contributed by atoms with Gasteiger partial charge in [0.2, 0.25) is 5.95 Å². The number of anilines is 1. The topological polar surface area (TPSA) is 39.1 Å². The van der Waals surface area contributed by atoms with Gasteiger partial charge in [0.1, 0.15) is 0 Å². The number of aromatic nitrogens is 2. The van der Waals surface area contributed by atoms with E-state index in [1.165, 1.54) is 6.42 Å². The zero-order chi connectivity index (χ0) is 10.7. The highest BCUT2D eigenvalue weighted by molar-refractivity contribution is 5.25. The van der Waals surface area contributed by atoms with Crippen molar-refractivity contribution in [3.8, 4) is 0 Å². The van der Waals surface area contributed by atoms with E-state index < -0.39 is 0 Å². The Bertz CT molecular complexity index is 315. The molecule has 1 aromatic rings.